The van der Waals surface area contributed by atoms with Gasteiger partial charge in [0.2, 0.25) is 0 Å². The Bertz CT molecular complexity index is 151. The van der Waals surface area contributed by atoms with Crippen LogP contribution >= 0.6 is 0 Å². The molecule has 0 saturated heterocycles. The maximum Gasteiger partial charge on any atom is 0.129 e. The number of Topliss-reactive ketones (excluding diaryl/α,β-unsaturated/α-hetero) is 3. The Morgan fingerprint density at radius 2 is 0.579 bits per heavy atom. The van der Waals surface area contributed by atoms with Gasteiger partial charge in [-0.25, -0.2) is 0 Å². The lowest BCUT2D eigenvalue weighted by Crippen LogP contribution is -1.80. The first-order chi connectivity index (χ1) is 8.81. The average Bonchev–Trinajstić information content (AvgIpc) is 2.44. The van der Waals surface area contributed by atoms with Crippen LogP contribution in [0.4, 0.5) is 0 Å². The fourth-order valence-electron chi connectivity index (χ4n) is 0. The largest absolute Gasteiger partial charge is 0.300 e. The Hall–Kier alpha value is -0.990. The zero-order valence-electron chi connectivity index (χ0n) is 14.8. The zero-order valence-corrected chi connectivity index (χ0v) is 14.8. The summed E-state index contributed by atoms with van der Waals surface area (Å²) in [5, 5.41) is 0. The lowest BCUT2D eigenvalue weighted by atomic mass is 10.4. The number of ketones is 3. The monoisotopic (exact) mass is 276 g/mol. The predicted octanol–water partition coefficient (Wildman–Crippen LogP) is 5.01. The summed E-state index contributed by atoms with van der Waals surface area (Å²) in [6.07, 6.45) is 2.00. The van der Waals surface area contributed by atoms with E-state index in [9.17, 15) is 14.4 Å². The molecule has 0 aliphatic heterocycles. The second-order valence-electron chi connectivity index (χ2n) is 3.17. The van der Waals surface area contributed by atoms with E-state index in [4.69, 9.17) is 0 Å². The van der Waals surface area contributed by atoms with Gasteiger partial charge in [-0.05, 0) is 20.8 Å². The Morgan fingerprint density at radius 3 is 0.579 bits per heavy atom. The minimum Gasteiger partial charge on any atom is -0.300 e. The summed E-state index contributed by atoms with van der Waals surface area (Å²) >= 11 is 0. The number of hydrogen-bond acceptors (Lipinski definition) is 3. The van der Waals surface area contributed by atoms with Crippen LogP contribution in [0.3, 0.4) is 0 Å². The molecule has 0 spiro atoms. The van der Waals surface area contributed by atoms with Crippen LogP contribution in [0.1, 0.15) is 88.5 Å². The molecule has 0 saturated carbocycles. The van der Waals surface area contributed by atoms with Crippen LogP contribution in [-0.4, -0.2) is 17.3 Å². The Balaban J connectivity index is -0.0000000455. The Labute approximate surface area is 121 Å². The topological polar surface area (TPSA) is 51.2 Å². The third-order valence-electron chi connectivity index (χ3n) is 1.49. The Kier molecular flexibility index (Phi) is 58.3. The first-order valence-electron chi connectivity index (χ1n) is 7.29. The molecule has 0 aromatic rings. The van der Waals surface area contributed by atoms with Crippen LogP contribution in [0.2, 0.25) is 0 Å². The maximum atomic E-state index is 9.81. The second kappa shape index (κ2) is 36.0. The van der Waals surface area contributed by atoms with Crippen molar-refractivity contribution in [2.75, 3.05) is 0 Å². The summed E-state index contributed by atoms with van der Waals surface area (Å²) in [6, 6.07) is 0. The van der Waals surface area contributed by atoms with Crippen LogP contribution in [0.25, 0.3) is 0 Å². The average molecular weight is 276 g/mol. The smallest absolute Gasteiger partial charge is 0.129 e. The Morgan fingerprint density at radius 1 is 0.526 bits per heavy atom. The minimum atomic E-state index is 0.255. The molecular weight excluding hydrogens is 240 g/mol. The third kappa shape index (κ3) is 153. The van der Waals surface area contributed by atoms with Gasteiger partial charge in [0.1, 0.15) is 17.3 Å². The lowest BCUT2D eigenvalue weighted by molar-refractivity contribution is -0.117. The molecule has 0 aliphatic rings. The molecule has 0 aliphatic carbocycles. The molecule has 0 bridgehead atoms. The zero-order chi connectivity index (χ0) is 16.9. The summed E-state index contributed by atoms with van der Waals surface area (Å²) < 4.78 is 0. The van der Waals surface area contributed by atoms with E-state index in [1.807, 2.05) is 48.5 Å². The molecule has 0 atom stereocenters. The van der Waals surface area contributed by atoms with E-state index in [1.165, 1.54) is 0 Å². The number of rotatable bonds is 3. The highest BCUT2D eigenvalue weighted by Gasteiger charge is 1.77. The van der Waals surface area contributed by atoms with Crippen molar-refractivity contribution < 1.29 is 14.4 Å². The molecule has 0 radical (unpaired) electrons. The van der Waals surface area contributed by atoms with Crippen LogP contribution in [-0.2, 0) is 14.4 Å². The summed E-state index contributed by atoms with van der Waals surface area (Å²) in [6.45, 7) is 18.3. The highest BCUT2D eigenvalue weighted by atomic mass is 16.1. The molecule has 0 rings (SSSR count). The molecule has 0 heterocycles. The SMILES string of the molecule is CC.CC.CCC(C)=O.CCC(C)=O.CCC(C)=O. The quantitative estimate of drug-likeness (QED) is 0.728. The highest BCUT2D eigenvalue weighted by molar-refractivity contribution is 5.75. The van der Waals surface area contributed by atoms with E-state index in [1.54, 1.807) is 20.8 Å². The van der Waals surface area contributed by atoms with Gasteiger partial charge in [0.25, 0.3) is 0 Å². The van der Waals surface area contributed by atoms with Crippen LogP contribution in [0, 0.1) is 0 Å². The summed E-state index contributed by atoms with van der Waals surface area (Å²) in [4.78, 5) is 29.4. The van der Waals surface area contributed by atoms with Gasteiger partial charge in [-0.1, -0.05) is 48.5 Å². The summed E-state index contributed by atoms with van der Waals surface area (Å²) in [5.74, 6) is 0.764. The van der Waals surface area contributed by atoms with Gasteiger partial charge in [-0.15, -0.1) is 0 Å². The van der Waals surface area contributed by atoms with E-state index in [2.05, 4.69) is 0 Å². The van der Waals surface area contributed by atoms with Crippen molar-refractivity contribution in [3.05, 3.63) is 0 Å². The van der Waals surface area contributed by atoms with E-state index in [0.717, 1.165) is 0 Å². The highest BCUT2D eigenvalue weighted by Crippen LogP contribution is 1.72. The van der Waals surface area contributed by atoms with Crippen molar-refractivity contribution in [2.45, 2.75) is 88.5 Å². The molecule has 3 nitrogen and oxygen atoms in total. The van der Waals surface area contributed by atoms with Gasteiger partial charge in [0.15, 0.2) is 0 Å². The van der Waals surface area contributed by atoms with E-state index in [0.29, 0.717) is 19.3 Å². The fourth-order valence-corrected chi connectivity index (χ4v) is 0. The molecule has 0 amide bonds. The molecule has 0 aromatic carbocycles. The maximum absolute atomic E-state index is 9.81. The van der Waals surface area contributed by atoms with Crippen molar-refractivity contribution in [2.24, 2.45) is 0 Å². The second-order valence-corrected chi connectivity index (χ2v) is 3.17. The summed E-state index contributed by atoms with van der Waals surface area (Å²) in [5.41, 5.74) is 0. The van der Waals surface area contributed by atoms with Gasteiger partial charge < -0.3 is 14.4 Å². The molecule has 118 valence electrons. The van der Waals surface area contributed by atoms with Crippen molar-refractivity contribution in [3.63, 3.8) is 0 Å². The molecular formula is C16H36O3. The number of carbonyl (C=O) groups is 3. The van der Waals surface area contributed by atoms with E-state index < -0.39 is 0 Å². The molecule has 0 N–H and O–H groups in total. The van der Waals surface area contributed by atoms with Crippen LogP contribution < -0.4 is 0 Å². The van der Waals surface area contributed by atoms with Gasteiger partial charge in [0.05, 0.1) is 0 Å². The van der Waals surface area contributed by atoms with Crippen LogP contribution in [0.15, 0.2) is 0 Å². The standard InChI is InChI=1S/3C4H8O.2C2H6/c3*1-3-4(2)5;2*1-2/h3*3H2,1-2H3;2*1-2H3. The molecule has 0 fully saturated rings. The first-order valence-corrected chi connectivity index (χ1v) is 7.29. The molecule has 3 heteroatoms. The fraction of sp³-hybridized carbons (Fsp3) is 0.812. The molecule has 19 heavy (non-hydrogen) atoms. The number of hydrogen-bond donors (Lipinski definition) is 0. The summed E-state index contributed by atoms with van der Waals surface area (Å²) in [7, 11) is 0. The van der Waals surface area contributed by atoms with Gasteiger partial charge in [-0.2, -0.15) is 0 Å². The minimum absolute atomic E-state index is 0.255. The normalized spacial score (nSPS) is 6.63. The van der Waals surface area contributed by atoms with Crippen molar-refractivity contribution in [3.8, 4) is 0 Å². The first kappa shape index (κ1) is 30.8. The lowest BCUT2D eigenvalue weighted by Gasteiger charge is -1.71. The van der Waals surface area contributed by atoms with Gasteiger partial charge in [-0.3, -0.25) is 0 Å². The molecule has 0 aromatic heterocycles. The van der Waals surface area contributed by atoms with Crippen molar-refractivity contribution in [1.29, 1.82) is 0 Å². The van der Waals surface area contributed by atoms with Crippen molar-refractivity contribution >= 4 is 17.3 Å². The van der Waals surface area contributed by atoms with Gasteiger partial charge in [0, 0.05) is 19.3 Å². The third-order valence-corrected chi connectivity index (χ3v) is 1.49. The van der Waals surface area contributed by atoms with Crippen molar-refractivity contribution in [1.82, 2.24) is 0 Å². The predicted molar refractivity (Wildman–Crippen MR) is 85.6 cm³/mol. The van der Waals surface area contributed by atoms with Gasteiger partial charge >= 0.3 is 0 Å². The number of carbonyl (C=O) groups excluding carboxylic acids is 3. The van der Waals surface area contributed by atoms with E-state index >= 15 is 0 Å². The molecule has 0 unspecified atom stereocenters. The van der Waals surface area contributed by atoms with Crippen LogP contribution in [0.5, 0.6) is 0 Å². The van der Waals surface area contributed by atoms with E-state index in [-0.39, 0.29) is 17.3 Å².